The Hall–Kier alpha value is -2.34. The van der Waals surface area contributed by atoms with Gasteiger partial charge in [0, 0.05) is 22.7 Å². The van der Waals surface area contributed by atoms with E-state index in [1.165, 1.54) is 0 Å². The molecule has 0 aliphatic carbocycles. The Morgan fingerprint density at radius 1 is 1.04 bits per heavy atom. The van der Waals surface area contributed by atoms with Crippen molar-refractivity contribution in [2.24, 2.45) is 0 Å². The molecule has 5 nitrogen and oxygen atoms in total. The molecule has 0 spiro atoms. The third-order valence-corrected chi connectivity index (χ3v) is 4.20. The van der Waals surface area contributed by atoms with E-state index in [4.69, 9.17) is 23.2 Å². The number of rotatable bonds is 6. The monoisotopic (exact) mass is 388 g/mol. The average molecular weight is 389 g/mol. The molecule has 3 aromatic rings. The Balaban J connectivity index is 2.00. The molecule has 1 atom stereocenters. The van der Waals surface area contributed by atoms with Crippen LogP contribution in [0.25, 0.3) is 11.3 Å². The van der Waals surface area contributed by atoms with E-state index >= 15 is 0 Å². The summed E-state index contributed by atoms with van der Waals surface area (Å²) >= 11 is 12.3. The van der Waals surface area contributed by atoms with Gasteiger partial charge in [0.25, 0.3) is 0 Å². The van der Waals surface area contributed by atoms with E-state index < -0.39 is 0 Å². The van der Waals surface area contributed by atoms with Crippen molar-refractivity contribution < 1.29 is 5.11 Å². The molecule has 0 amide bonds. The molecule has 0 fully saturated rings. The van der Waals surface area contributed by atoms with Crippen molar-refractivity contribution in [1.29, 1.82) is 0 Å². The molecule has 1 heterocycles. The first-order chi connectivity index (χ1) is 12.5. The zero-order valence-corrected chi connectivity index (χ0v) is 15.6. The molecular formula is C19H18Cl2N4O. The largest absolute Gasteiger partial charge is 0.394 e. The number of hydrogen-bond donors (Lipinski definition) is 3. The van der Waals surface area contributed by atoms with Gasteiger partial charge >= 0.3 is 0 Å². The smallest absolute Gasteiger partial charge is 0.225 e. The number of hydrogen-bond acceptors (Lipinski definition) is 5. The van der Waals surface area contributed by atoms with Crippen LogP contribution >= 0.6 is 23.2 Å². The molecule has 0 radical (unpaired) electrons. The Kier molecular flexibility index (Phi) is 5.93. The molecule has 0 aliphatic rings. The summed E-state index contributed by atoms with van der Waals surface area (Å²) in [7, 11) is 0. The van der Waals surface area contributed by atoms with E-state index in [1.54, 1.807) is 18.2 Å². The summed E-state index contributed by atoms with van der Waals surface area (Å²) in [5.74, 6) is 0.976. The van der Waals surface area contributed by atoms with Gasteiger partial charge in [-0.1, -0.05) is 53.5 Å². The maximum absolute atomic E-state index is 9.29. The minimum atomic E-state index is -0.177. The van der Waals surface area contributed by atoms with E-state index in [1.807, 2.05) is 43.3 Å². The summed E-state index contributed by atoms with van der Waals surface area (Å²) in [6, 6.07) is 16.6. The Morgan fingerprint density at radius 3 is 2.54 bits per heavy atom. The van der Waals surface area contributed by atoms with Crippen molar-refractivity contribution in [3.8, 4) is 11.3 Å². The third kappa shape index (κ3) is 4.64. The first-order valence-electron chi connectivity index (χ1n) is 8.09. The SMILES string of the molecule is C[C@@H](CO)Nc1nc(Nc2cc(Cl)ccc2Cl)cc(-c2ccccc2)n1. The molecule has 0 bridgehead atoms. The minimum Gasteiger partial charge on any atom is -0.394 e. The third-order valence-electron chi connectivity index (χ3n) is 3.64. The number of anilines is 3. The standard InChI is InChI=1S/C19H18Cl2N4O/c1-12(11-26)22-19-24-16(13-5-3-2-4-6-13)10-18(25-19)23-17-9-14(20)7-8-15(17)21/h2-10,12,26H,11H2,1H3,(H2,22,23,24,25)/t12-/m0/s1. The van der Waals surface area contributed by atoms with E-state index in [0.717, 1.165) is 11.3 Å². The van der Waals surface area contributed by atoms with Gasteiger partial charge in [0.2, 0.25) is 5.95 Å². The zero-order valence-electron chi connectivity index (χ0n) is 14.1. The Morgan fingerprint density at radius 2 is 1.81 bits per heavy atom. The second-order valence-corrected chi connectivity index (χ2v) is 6.65. The highest BCUT2D eigenvalue weighted by molar-refractivity contribution is 6.35. The second kappa shape index (κ2) is 8.36. The van der Waals surface area contributed by atoms with E-state index in [0.29, 0.717) is 27.5 Å². The summed E-state index contributed by atoms with van der Waals surface area (Å²) in [6.45, 7) is 1.82. The molecule has 2 aromatic carbocycles. The lowest BCUT2D eigenvalue weighted by molar-refractivity contribution is 0.281. The average Bonchev–Trinajstić information content (AvgIpc) is 2.65. The zero-order chi connectivity index (χ0) is 18.5. The van der Waals surface area contributed by atoms with Gasteiger partial charge in [-0.15, -0.1) is 0 Å². The predicted octanol–water partition coefficient (Wildman–Crippen LogP) is 4.99. The van der Waals surface area contributed by atoms with Crippen molar-refractivity contribution in [2.45, 2.75) is 13.0 Å². The van der Waals surface area contributed by atoms with Gasteiger partial charge in [0.1, 0.15) is 5.82 Å². The van der Waals surface area contributed by atoms with Crippen molar-refractivity contribution >= 4 is 40.7 Å². The van der Waals surface area contributed by atoms with Gasteiger partial charge in [-0.3, -0.25) is 0 Å². The lowest BCUT2D eigenvalue weighted by atomic mass is 10.1. The molecule has 0 unspecified atom stereocenters. The van der Waals surface area contributed by atoms with E-state index in [9.17, 15) is 5.11 Å². The van der Waals surface area contributed by atoms with Gasteiger partial charge in [-0.05, 0) is 25.1 Å². The summed E-state index contributed by atoms with van der Waals surface area (Å²) in [6.07, 6.45) is 0. The number of halogens is 2. The fraction of sp³-hybridized carbons (Fsp3) is 0.158. The molecule has 1 aromatic heterocycles. The molecule has 0 aliphatic heterocycles. The summed E-state index contributed by atoms with van der Waals surface area (Å²) in [5, 5.41) is 16.7. The van der Waals surface area contributed by atoms with E-state index in [2.05, 4.69) is 20.6 Å². The first-order valence-corrected chi connectivity index (χ1v) is 8.84. The Labute approximate surface area is 162 Å². The normalized spacial score (nSPS) is 11.8. The lowest BCUT2D eigenvalue weighted by Crippen LogP contribution is -2.21. The van der Waals surface area contributed by atoms with Gasteiger partial charge in [-0.25, -0.2) is 4.98 Å². The summed E-state index contributed by atoms with van der Waals surface area (Å²) in [4.78, 5) is 9.01. The van der Waals surface area contributed by atoms with Crippen LogP contribution in [0.2, 0.25) is 10.0 Å². The molecule has 26 heavy (non-hydrogen) atoms. The van der Waals surface area contributed by atoms with Crippen LogP contribution in [0.1, 0.15) is 6.92 Å². The van der Waals surface area contributed by atoms with Crippen molar-refractivity contribution in [2.75, 3.05) is 17.2 Å². The molecular weight excluding hydrogens is 371 g/mol. The van der Waals surface area contributed by atoms with Crippen LogP contribution in [-0.4, -0.2) is 27.7 Å². The number of nitrogens with zero attached hydrogens (tertiary/aromatic N) is 2. The molecule has 3 N–H and O–H groups in total. The van der Waals surface area contributed by atoms with Crippen LogP contribution in [0.15, 0.2) is 54.6 Å². The maximum Gasteiger partial charge on any atom is 0.225 e. The fourth-order valence-corrected chi connectivity index (χ4v) is 2.67. The van der Waals surface area contributed by atoms with Crippen LogP contribution in [0, 0.1) is 0 Å². The van der Waals surface area contributed by atoms with E-state index in [-0.39, 0.29) is 12.6 Å². The van der Waals surface area contributed by atoms with Crippen LogP contribution in [-0.2, 0) is 0 Å². The van der Waals surface area contributed by atoms with Crippen LogP contribution < -0.4 is 10.6 Å². The highest BCUT2D eigenvalue weighted by Crippen LogP contribution is 2.29. The highest BCUT2D eigenvalue weighted by atomic mass is 35.5. The van der Waals surface area contributed by atoms with Gasteiger partial charge in [0.15, 0.2) is 0 Å². The molecule has 134 valence electrons. The van der Waals surface area contributed by atoms with Gasteiger partial charge in [0.05, 0.1) is 23.0 Å². The van der Waals surface area contributed by atoms with Crippen molar-refractivity contribution in [3.63, 3.8) is 0 Å². The molecule has 7 heteroatoms. The number of aliphatic hydroxyl groups excluding tert-OH is 1. The fourth-order valence-electron chi connectivity index (χ4n) is 2.33. The number of aromatic nitrogens is 2. The summed E-state index contributed by atoms with van der Waals surface area (Å²) in [5.41, 5.74) is 2.35. The Bertz CT molecular complexity index is 890. The van der Waals surface area contributed by atoms with Gasteiger partial charge in [-0.2, -0.15) is 4.98 Å². The summed E-state index contributed by atoms with van der Waals surface area (Å²) < 4.78 is 0. The van der Waals surface area contributed by atoms with Gasteiger partial charge < -0.3 is 15.7 Å². The number of nitrogens with one attached hydrogen (secondary N) is 2. The maximum atomic E-state index is 9.29. The van der Waals surface area contributed by atoms with Crippen molar-refractivity contribution in [3.05, 3.63) is 64.6 Å². The highest BCUT2D eigenvalue weighted by Gasteiger charge is 2.10. The van der Waals surface area contributed by atoms with Crippen molar-refractivity contribution in [1.82, 2.24) is 9.97 Å². The lowest BCUT2D eigenvalue weighted by Gasteiger charge is -2.15. The molecule has 0 saturated carbocycles. The molecule has 0 saturated heterocycles. The number of aliphatic hydroxyl groups is 1. The first kappa shape index (κ1) is 18.5. The predicted molar refractivity (Wildman–Crippen MR) is 107 cm³/mol. The van der Waals surface area contributed by atoms with Crippen LogP contribution in [0.4, 0.5) is 17.5 Å². The van der Waals surface area contributed by atoms with Crippen LogP contribution in [0.5, 0.6) is 0 Å². The quantitative estimate of drug-likeness (QED) is 0.554. The minimum absolute atomic E-state index is 0.0260. The topological polar surface area (TPSA) is 70.1 Å². The second-order valence-electron chi connectivity index (χ2n) is 5.81. The molecule has 3 rings (SSSR count). The number of benzene rings is 2. The van der Waals surface area contributed by atoms with Crippen LogP contribution in [0.3, 0.4) is 0 Å².